The number of rotatable bonds is 7. The second-order valence-electron chi connectivity index (χ2n) is 8.53. The van der Waals surface area contributed by atoms with Crippen molar-refractivity contribution >= 4 is 12.0 Å². The summed E-state index contributed by atoms with van der Waals surface area (Å²) in [5, 5.41) is 9.75. The number of hydrogen-bond donors (Lipinski definition) is 1. The summed E-state index contributed by atoms with van der Waals surface area (Å²) in [6.07, 6.45) is 5.17. The first-order chi connectivity index (χ1) is 15.3. The summed E-state index contributed by atoms with van der Waals surface area (Å²) in [5.74, 6) is -0.177. The Labute approximate surface area is 189 Å². The second-order valence-corrected chi connectivity index (χ2v) is 8.53. The van der Waals surface area contributed by atoms with Gasteiger partial charge in [0, 0.05) is 37.3 Å². The van der Waals surface area contributed by atoms with E-state index in [1.54, 1.807) is 29.3 Å². The lowest BCUT2D eigenvalue weighted by molar-refractivity contribution is 0.0324. The minimum absolute atomic E-state index is 0.0267. The molecule has 2 aromatic rings. The van der Waals surface area contributed by atoms with Crippen molar-refractivity contribution in [2.24, 2.45) is 5.92 Å². The molecule has 1 aliphatic rings. The van der Waals surface area contributed by atoms with Gasteiger partial charge in [0.2, 0.25) is 5.88 Å². The monoisotopic (exact) mass is 441 g/mol. The summed E-state index contributed by atoms with van der Waals surface area (Å²) < 4.78 is 20.4. The largest absolute Gasteiger partial charge is 0.472 e. The van der Waals surface area contributed by atoms with Gasteiger partial charge in [-0.15, -0.1) is 0 Å². The van der Waals surface area contributed by atoms with E-state index >= 15 is 0 Å². The summed E-state index contributed by atoms with van der Waals surface area (Å²) in [6.45, 7) is 7.03. The molecule has 0 aliphatic carbocycles. The van der Waals surface area contributed by atoms with Crippen LogP contribution in [0.3, 0.4) is 0 Å². The maximum absolute atomic E-state index is 14.1. The van der Waals surface area contributed by atoms with Gasteiger partial charge < -0.3 is 14.7 Å². The van der Waals surface area contributed by atoms with Gasteiger partial charge in [-0.2, -0.15) is 0 Å². The van der Waals surface area contributed by atoms with Crippen LogP contribution >= 0.6 is 0 Å². The fourth-order valence-corrected chi connectivity index (χ4v) is 3.91. The third kappa shape index (κ3) is 5.53. The number of nitrogens with zero attached hydrogens (tertiary/aromatic N) is 3. The van der Waals surface area contributed by atoms with Gasteiger partial charge in [-0.25, -0.2) is 9.37 Å². The predicted molar refractivity (Wildman–Crippen MR) is 123 cm³/mol. The van der Waals surface area contributed by atoms with Crippen LogP contribution in [-0.4, -0.2) is 64.7 Å². The summed E-state index contributed by atoms with van der Waals surface area (Å²) in [6, 6.07) is 8.18. The van der Waals surface area contributed by atoms with Gasteiger partial charge in [-0.3, -0.25) is 9.69 Å². The molecule has 1 aliphatic heterocycles. The number of likely N-dealkylation sites (N-methyl/N-ethyl adjacent to an activating group) is 1. The highest BCUT2D eigenvalue weighted by Crippen LogP contribution is 2.28. The van der Waals surface area contributed by atoms with Crippen molar-refractivity contribution in [1.29, 1.82) is 0 Å². The zero-order valence-corrected chi connectivity index (χ0v) is 19.2. The summed E-state index contributed by atoms with van der Waals surface area (Å²) in [5.41, 5.74) is 1.81. The molecule has 6 nitrogen and oxygen atoms in total. The molecule has 0 spiro atoms. The van der Waals surface area contributed by atoms with Crippen LogP contribution in [0, 0.1) is 11.7 Å². The van der Waals surface area contributed by atoms with E-state index in [1.807, 2.05) is 50.9 Å². The Hall–Kier alpha value is -2.77. The first-order valence-corrected chi connectivity index (χ1v) is 11.0. The molecule has 0 unspecified atom stereocenters. The number of halogens is 1. The topological polar surface area (TPSA) is 65.9 Å². The van der Waals surface area contributed by atoms with Gasteiger partial charge in [-0.1, -0.05) is 37.3 Å². The number of carbonyl (C=O) groups is 1. The second kappa shape index (κ2) is 10.7. The van der Waals surface area contributed by atoms with E-state index in [2.05, 4.69) is 4.98 Å². The van der Waals surface area contributed by atoms with Crippen molar-refractivity contribution < 1.29 is 19.0 Å². The van der Waals surface area contributed by atoms with E-state index < -0.39 is 0 Å². The minimum atomic E-state index is -0.335. The maximum atomic E-state index is 14.1. The van der Waals surface area contributed by atoms with Crippen LogP contribution in [0.1, 0.15) is 42.3 Å². The van der Waals surface area contributed by atoms with Gasteiger partial charge in [0.25, 0.3) is 5.91 Å². The molecule has 0 saturated carbocycles. The molecular formula is C25H32FN3O3. The Morgan fingerprint density at radius 3 is 2.84 bits per heavy atom. The minimum Gasteiger partial charge on any atom is -0.472 e. The van der Waals surface area contributed by atoms with Crippen LogP contribution in [0.15, 0.2) is 42.6 Å². The lowest BCUT2D eigenvalue weighted by Gasteiger charge is -2.37. The highest BCUT2D eigenvalue weighted by atomic mass is 19.1. The smallest absolute Gasteiger partial charge is 0.259 e. The average molecular weight is 442 g/mol. The van der Waals surface area contributed by atoms with Gasteiger partial charge >= 0.3 is 0 Å². The van der Waals surface area contributed by atoms with E-state index in [0.29, 0.717) is 30.8 Å². The maximum Gasteiger partial charge on any atom is 0.259 e. The third-order valence-electron chi connectivity index (χ3n) is 5.79. The van der Waals surface area contributed by atoms with Crippen LogP contribution in [-0.2, 0) is 6.54 Å². The molecule has 0 saturated heterocycles. The number of carbonyl (C=O) groups excluding carboxylic acids is 1. The fraction of sp³-hybridized carbons (Fsp3) is 0.440. The number of ether oxygens (including phenoxy) is 1. The van der Waals surface area contributed by atoms with Crippen LogP contribution < -0.4 is 4.74 Å². The zero-order valence-electron chi connectivity index (χ0n) is 19.2. The van der Waals surface area contributed by atoms with Gasteiger partial charge in [-0.05, 0) is 38.6 Å². The molecule has 0 bridgehead atoms. The van der Waals surface area contributed by atoms with Crippen molar-refractivity contribution in [3.63, 3.8) is 0 Å². The predicted octanol–water partition coefficient (Wildman–Crippen LogP) is 3.61. The molecule has 1 aromatic heterocycles. The number of aliphatic hydroxyl groups excluding tert-OH is 1. The van der Waals surface area contributed by atoms with Gasteiger partial charge in [0.05, 0.1) is 12.6 Å². The molecule has 0 fully saturated rings. The Balaban J connectivity index is 1.90. The van der Waals surface area contributed by atoms with Crippen LogP contribution in [0.4, 0.5) is 4.39 Å². The van der Waals surface area contributed by atoms with Crippen LogP contribution in [0.5, 0.6) is 5.88 Å². The van der Waals surface area contributed by atoms with Gasteiger partial charge in [0.1, 0.15) is 17.5 Å². The molecule has 3 atom stereocenters. The molecule has 32 heavy (non-hydrogen) atoms. The molecule has 1 amide bonds. The standard InChI is InChI=1S/C25H32FN3O3/c1-5-8-19-11-21-24(27-12-19)32-23(17(2)13-29(25(21)31)18(3)16-30)15-28(4)14-20-9-6-7-10-22(20)26/h5-12,17-18,23,30H,13-16H2,1-4H3/t17-,18-,23-/m1/s1. The molecule has 3 rings (SSSR count). The number of amides is 1. The molecule has 7 heteroatoms. The number of aromatic nitrogens is 1. The molecule has 172 valence electrons. The first kappa shape index (κ1) is 23.9. The molecule has 1 aromatic carbocycles. The van der Waals surface area contributed by atoms with E-state index in [1.165, 1.54) is 6.07 Å². The van der Waals surface area contributed by atoms with E-state index in [9.17, 15) is 14.3 Å². The quantitative estimate of drug-likeness (QED) is 0.711. The van der Waals surface area contributed by atoms with Crippen molar-refractivity contribution in [3.8, 4) is 5.88 Å². The lowest BCUT2D eigenvalue weighted by Crippen LogP contribution is -2.49. The van der Waals surface area contributed by atoms with Crippen molar-refractivity contribution in [3.05, 3.63) is 65.1 Å². The number of hydrogen-bond acceptors (Lipinski definition) is 5. The van der Waals surface area contributed by atoms with Crippen LogP contribution in [0.2, 0.25) is 0 Å². The Bertz CT molecular complexity index is 965. The number of pyridine rings is 1. The molecule has 2 heterocycles. The Morgan fingerprint density at radius 2 is 2.16 bits per heavy atom. The average Bonchev–Trinajstić information content (AvgIpc) is 2.78. The third-order valence-corrected chi connectivity index (χ3v) is 5.79. The van der Waals surface area contributed by atoms with Crippen molar-refractivity contribution in [2.75, 3.05) is 26.7 Å². The number of allylic oxidation sites excluding steroid dienone is 1. The summed E-state index contributed by atoms with van der Waals surface area (Å²) in [7, 11) is 1.92. The first-order valence-electron chi connectivity index (χ1n) is 11.0. The normalized spacial score (nSPS) is 20.1. The van der Waals surface area contributed by atoms with Gasteiger partial charge in [0.15, 0.2) is 0 Å². The van der Waals surface area contributed by atoms with Crippen LogP contribution in [0.25, 0.3) is 6.08 Å². The lowest BCUT2D eigenvalue weighted by atomic mass is 9.99. The molecule has 1 N–H and O–H groups in total. The SMILES string of the molecule is CC=Cc1cnc2c(c1)C(=O)N([C@H](C)CO)C[C@@H](C)[C@@H](CN(C)Cc1ccccc1F)O2. The zero-order chi connectivity index (χ0) is 23.3. The van der Waals surface area contributed by atoms with E-state index in [-0.39, 0.29) is 42.3 Å². The van der Waals surface area contributed by atoms with E-state index in [4.69, 9.17) is 4.74 Å². The van der Waals surface area contributed by atoms with E-state index in [0.717, 1.165) is 5.56 Å². The number of fused-ring (bicyclic) bond motifs is 1. The molecule has 0 radical (unpaired) electrons. The number of benzene rings is 1. The highest BCUT2D eigenvalue weighted by molar-refractivity contribution is 5.97. The molecular weight excluding hydrogens is 409 g/mol. The Kier molecular flexibility index (Phi) is 7.99. The Morgan fingerprint density at radius 1 is 1.41 bits per heavy atom. The summed E-state index contributed by atoms with van der Waals surface area (Å²) >= 11 is 0. The highest BCUT2D eigenvalue weighted by Gasteiger charge is 2.34. The van der Waals surface area contributed by atoms with Crippen molar-refractivity contribution in [1.82, 2.24) is 14.8 Å². The fourth-order valence-electron chi connectivity index (χ4n) is 3.91. The summed E-state index contributed by atoms with van der Waals surface area (Å²) in [4.78, 5) is 21.5. The van der Waals surface area contributed by atoms with Crippen molar-refractivity contribution in [2.45, 2.75) is 39.5 Å². The number of aliphatic hydroxyl groups is 1.